The van der Waals surface area contributed by atoms with Crippen molar-refractivity contribution in [3.8, 4) is 0 Å². The second-order valence-corrected chi connectivity index (χ2v) is 30.6. The highest BCUT2D eigenvalue weighted by atomic mass is 32.2. The first-order valence-corrected chi connectivity index (χ1v) is 35.8. The van der Waals surface area contributed by atoms with Crippen molar-refractivity contribution < 1.29 is 57.5 Å². The Balaban J connectivity index is 3.11. The second-order valence-electron chi connectivity index (χ2n) is 29.4. The van der Waals surface area contributed by atoms with Crippen molar-refractivity contribution in [3.63, 3.8) is 0 Å². The minimum absolute atomic E-state index is 0.0599. The van der Waals surface area contributed by atoms with Crippen molar-refractivity contribution in [2.24, 2.45) is 35.5 Å². The van der Waals surface area contributed by atoms with Crippen LogP contribution in [0.25, 0.3) is 0 Å². The molecule has 2 fully saturated rings. The molecular formula is C70H126N12O12S. The molecule has 0 spiro atoms. The smallest absolute Gasteiger partial charge is 0.256 e. The molecule has 25 heteroatoms. The van der Waals surface area contributed by atoms with Crippen LogP contribution in [0.3, 0.4) is 0 Å². The predicted molar refractivity (Wildman–Crippen MR) is 375 cm³/mol. The van der Waals surface area contributed by atoms with E-state index >= 15 is 33.6 Å². The second kappa shape index (κ2) is 39.5. The molecule has 0 aliphatic carbocycles. The number of piperidine rings is 1. The highest BCUT2D eigenvalue weighted by molar-refractivity contribution is 8.00. The SMILES string of the molecule is C/C=C/C[C@@H](C)C[C@H]1C(=O)N[C@@H](CC)C(=O)N(C)[C@H](SCCN2CCCCC2)C(=O)N(C)[C@@H](CC(C)(C)OC)C(=O)N[C@H](C(C)C)C(=O)N(C)[C@H](CC(C)C)C(=O)N[C@H](C)C(=O)N[C@@H](C)C(=O)N(C)[C@@H](CC(C)C)C(=O)N(C)[C@@H](CC(C)C)C(=O)N(C)[C@@H](C(C)C)C(=O)N1C. The average Bonchev–Trinajstić information content (AvgIpc) is 0.834. The van der Waals surface area contributed by atoms with E-state index in [-0.39, 0.29) is 62.2 Å². The van der Waals surface area contributed by atoms with Crippen molar-refractivity contribution in [2.75, 3.05) is 81.8 Å². The molecule has 0 unspecified atom stereocenters. The largest absolute Gasteiger partial charge is 0.379 e. The van der Waals surface area contributed by atoms with Gasteiger partial charge >= 0.3 is 0 Å². The topological polar surface area (TPSA) is 271 Å². The number of nitrogens with one attached hydrogen (secondary N) is 4. The van der Waals surface area contributed by atoms with E-state index in [1.165, 1.54) is 116 Å². The van der Waals surface area contributed by atoms with Crippen molar-refractivity contribution in [1.29, 1.82) is 0 Å². The summed E-state index contributed by atoms with van der Waals surface area (Å²) in [5.41, 5.74) is -1.02. The lowest BCUT2D eigenvalue weighted by atomic mass is 9.93. The van der Waals surface area contributed by atoms with Crippen LogP contribution in [0.1, 0.15) is 182 Å². The summed E-state index contributed by atoms with van der Waals surface area (Å²) in [5.74, 6) is -8.06. The van der Waals surface area contributed by atoms with Crippen LogP contribution >= 0.6 is 11.8 Å². The molecule has 544 valence electrons. The van der Waals surface area contributed by atoms with Crippen molar-refractivity contribution in [2.45, 2.75) is 253 Å². The number of carbonyl (C=O) groups is 11. The van der Waals surface area contributed by atoms with E-state index in [0.29, 0.717) is 18.7 Å². The molecule has 0 radical (unpaired) electrons. The van der Waals surface area contributed by atoms with E-state index in [4.69, 9.17) is 4.74 Å². The van der Waals surface area contributed by atoms with Gasteiger partial charge in [-0.2, -0.15) is 0 Å². The number of allylic oxidation sites excluding steroid dienone is 2. The van der Waals surface area contributed by atoms with Gasteiger partial charge in [-0.1, -0.05) is 102 Å². The lowest BCUT2D eigenvalue weighted by Crippen LogP contribution is -2.62. The Morgan fingerprint density at radius 1 is 0.505 bits per heavy atom. The molecule has 0 saturated carbocycles. The fourth-order valence-electron chi connectivity index (χ4n) is 12.4. The number of rotatable bonds is 20. The maximum atomic E-state index is 15.5. The van der Waals surface area contributed by atoms with Gasteiger partial charge in [-0.25, -0.2) is 0 Å². The molecule has 2 saturated heterocycles. The number of carbonyl (C=O) groups excluding carboxylic acids is 11. The van der Waals surface area contributed by atoms with Crippen LogP contribution < -0.4 is 21.3 Å². The van der Waals surface area contributed by atoms with Gasteiger partial charge in [0.05, 0.1) is 5.60 Å². The monoisotopic (exact) mass is 1360 g/mol. The van der Waals surface area contributed by atoms with Crippen molar-refractivity contribution in [1.82, 2.24) is 60.5 Å². The molecule has 2 aliphatic heterocycles. The van der Waals surface area contributed by atoms with Gasteiger partial charge in [-0.05, 0) is 135 Å². The van der Waals surface area contributed by atoms with Crippen LogP contribution in [0.4, 0.5) is 0 Å². The maximum Gasteiger partial charge on any atom is 0.256 e. The number of thioether (sulfide) groups is 1. The third-order valence-corrected chi connectivity index (χ3v) is 20.0. The summed E-state index contributed by atoms with van der Waals surface area (Å²) in [7, 11) is 11.9. The van der Waals surface area contributed by atoms with E-state index in [9.17, 15) is 19.2 Å². The van der Waals surface area contributed by atoms with Crippen LogP contribution in [0.5, 0.6) is 0 Å². The van der Waals surface area contributed by atoms with Crippen molar-refractivity contribution in [3.05, 3.63) is 12.2 Å². The van der Waals surface area contributed by atoms with Gasteiger partial charge < -0.3 is 65.2 Å². The molecule has 24 nitrogen and oxygen atoms in total. The van der Waals surface area contributed by atoms with Gasteiger partial charge in [0, 0.05) is 75.2 Å². The van der Waals surface area contributed by atoms with E-state index in [1.807, 2.05) is 67.5 Å². The van der Waals surface area contributed by atoms with Crippen LogP contribution in [0.15, 0.2) is 12.2 Å². The highest BCUT2D eigenvalue weighted by Crippen LogP contribution is 2.28. The van der Waals surface area contributed by atoms with Crippen LogP contribution in [0.2, 0.25) is 0 Å². The first kappa shape index (κ1) is 85.3. The molecule has 11 amide bonds. The molecule has 2 heterocycles. The van der Waals surface area contributed by atoms with E-state index in [1.54, 1.807) is 48.5 Å². The van der Waals surface area contributed by atoms with Gasteiger partial charge in [0.25, 0.3) is 5.91 Å². The molecule has 2 aliphatic rings. The fourth-order valence-corrected chi connectivity index (χ4v) is 13.6. The number of ether oxygens (including phenoxy) is 1. The van der Waals surface area contributed by atoms with Gasteiger partial charge in [-0.15, -0.1) is 11.8 Å². The zero-order chi connectivity index (χ0) is 72.8. The standard InChI is InChI=1S/C70H126N12O12S/c1-26-28-32-47(13)40-52-60(85)73-50(27-2)63(88)81(24)69(95-36-35-82-33-30-29-31-34-82)68(93)79(22)55(41-70(16,17)94-25)61(86)74-56(45(9)10)66(91)75(18)51(37-42(3)4)59(84)71-48(14)58(83)72-49(15)62(87)77(20)53(38-43(5)6)64(89)78(21)54(39-44(7)8)65(90)80(23)57(46(11)12)67(92)76(52)19/h26,28,42-57,69H,27,29-41H2,1-25H3,(H,71,84)(H,72,83)(H,73,85)(H,74,86)/b28-26+/t47-,48-,49+,50+,51-,52+,53+,54+,55+,56-,57+,69-/m1/s1. The summed E-state index contributed by atoms with van der Waals surface area (Å²) in [4.78, 5) is 176. The Morgan fingerprint density at radius 3 is 1.45 bits per heavy atom. The molecule has 12 atom stereocenters. The lowest BCUT2D eigenvalue weighted by Gasteiger charge is -2.41. The molecule has 2 rings (SSSR count). The Bertz CT molecular complexity index is 2600. The Labute approximate surface area is 575 Å². The molecule has 0 aromatic rings. The zero-order valence-corrected chi connectivity index (χ0v) is 63.6. The quantitative estimate of drug-likeness (QED) is 0.108. The zero-order valence-electron chi connectivity index (χ0n) is 62.8. The summed E-state index contributed by atoms with van der Waals surface area (Å²) in [6, 6.07) is -11.9. The van der Waals surface area contributed by atoms with Gasteiger partial charge in [0.2, 0.25) is 59.1 Å². The highest BCUT2D eigenvalue weighted by Gasteiger charge is 2.46. The van der Waals surface area contributed by atoms with Gasteiger partial charge in [0.15, 0.2) is 5.37 Å². The molecule has 4 N–H and O–H groups in total. The summed E-state index contributed by atoms with van der Waals surface area (Å²) < 4.78 is 5.87. The Morgan fingerprint density at radius 2 is 0.958 bits per heavy atom. The summed E-state index contributed by atoms with van der Waals surface area (Å²) in [5, 5.41) is 10.1. The average molecular weight is 1360 g/mol. The third kappa shape index (κ3) is 24.9. The normalized spacial score (nSPS) is 27.1. The maximum absolute atomic E-state index is 15.5. The van der Waals surface area contributed by atoms with E-state index in [2.05, 4.69) is 26.2 Å². The van der Waals surface area contributed by atoms with Crippen LogP contribution in [-0.2, 0) is 57.5 Å². The Kier molecular flexibility index (Phi) is 35.5. The van der Waals surface area contributed by atoms with Crippen molar-refractivity contribution >= 4 is 76.7 Å². The first-order valence-electron chi connectivity index (χ1n) is 34.7. The number of likely N-dealkylation sites (N-methyl/N-ethyl adjacent to an activating group) is 7. The Hall–Kier alpha value is -5.82. The van der Waals surface area contributed by atoms with Crippen LogP contribution in [0, 0.1) is 35.5 Å². The lowest BCUT2D eigenvalue weighted by molar-refractivity contribution is -0.156. The summed E-state index contributed by atoms with van der Waals surface area (Å²) in [6.45, 7) is 32.8. The van der Waals surface area contributed by atoms with Crippen LogP contribution in [-0.4, -0.2) is 257 Å². The minimum atomic E-state index is -1.29. The van der Waals surface area contributed by atoms with Gasteiger partial charge in [0.1, 0.15) is 60.4 Å². The number of amides is 11. The van der Waals surface area contributed by atoms with Gasteiger partial charge in [-0.3, -0.25) is 52.7 Å². The number of methoxy groups -OCH3 is 1. The number of hydrogen-bond donors (Lipinski definition) is 4. The fraction of sp³-hybridized carbons (Fsp3) is 0.814. The molecule has 0 bridgehead atoms. The third-order valence-electron chi connectivity index (χ3n) is 18.7. The number of likely N-dealkylation sites (tertiary alicyclic amines) is 1. The minimum Gasteiger partial charge on any atom is -0.379 e. The molecular weight excluding hydrogens is 1230 g/mol. The van der Waals surface area contributed by atoms with E-state index in [0.717, 1.165) is 32.4 Å². The molecule has 0 aromatic carbocycles. The molecule has 95 heavy (non-hydrogen) atoms. The number of nitrogens with zero attached hydrogens (tertiary/aromatic N) is 8. The first-order chi connectivity index (χ1) is 44.1. The van der Waals surface area contributed by atoms with E-state index < -0.39 is 148 Å². The molecule has 0 aromatic heterocycles. The summed E-state index contributed by atoms with van der Waals surface area (Å²) >= 11 is 1.23. The number of hydrogen-bond acceptors (Lipinski definition) is 14. The predicted octanol–water partition coefficient (Wildman–Crippen LogP) is 5.61. The summed E-state index contributed by atoms with van der Waals surface area (Å²) in [6.07, 6.45) is 8.28.